The highest BCUT2D eigenvalue weighted by atomic mass is 16.2. The Hall–Kier alpha value is -1.61. The van der Waals surface area contributed by atoms with Gasteiger partial charge in [0.05, 0.1) is 0 Å². The van der Waals surface area contributed by atoms with E-state index in [2.05, 4.69) is 43.1 Å². The van der Waals surface area contributed by atoms with Crippen LogP contribution in [0.25, 0.3) is 0 Å². The summed E-state index contributed by atoms with van der Waals surface area (Å²) in [6, 6.07) is 8.83. The zero-order chi connectivity index (χ0) is 14.4. The lowest BCUT2D eigenvalue weighted by Gasteiger charge is -2.25. The van der Waals surface area contributed by atoms with E-state index in [-0.39, 0.29) is 0 Å². The van der Waals surface area contributed by atoms with Crippen LogP contribution in [0, 0.1) is 6.92 Å². The van der Waals surface area contributed by atoms with Gasteiger partial charge in [0.25, 0.3) is 0 Å². The first-order chi connectivity index (χ1) is 9.70. The van der Waals surface area contributed by atoms with Crippen molar-refractivity contribution in [2.75, 3.05) is 13.1 Å². The predicted octanol–water partition coefficient (Wildman–Crippen LogP) is 2.65. The van der Waals surface area contributed by atoms with E-state index in [1.807, 2.05) is 11.0 Å². The second kappa shape index (κ2) is 7.25. The molecule has 0 aromatic heterocycles. The van der Waals surface area contributed by atoms with Crippen molar-refractivity contribution in [1.82, 2.24) is 10.2 Å². The Bertz CT molecular complexity index is 453. The van der Waals surface area contributed by atoms with Gasteiger partial charge in [-0.1, -0.05) is 35.9 Å². The van der Waals surface area contributed by atoms with Crippen LogP contribution in [0.3, 0.4) is 0 Å². The molecule has 1 N–H and O–H groups in total. The van der Waals surface area contributed by atoms with Gasteiger partial charge in [-0.15, -0.1) is 6.58 Å². The first-order valence-corrected chi connectivity index (χ1v) is 7.37. The second-order valence-electron chi connectivity index (χ2n) is 5.48. The first kappa shape index (κ1) is 14.8. The maximum atomic E-state index is 12.0. The van der Waals surface area contributed by atoms with Crippen LogP contribution in [0.4, 0.5) is 0 Å². The molecule has 1 fully saturated rings. The summed E-state index contributed by atoms with van der Waals surface area (Å²) in [7, 11) is 0. The topological polar surface area (TPSA) is 32.3 Å². The molecule has 0 unspecified atom stereocenters. The van der Waals surface area contributed by atoms with Crippen LogP contribution in [0.1, 0.15) is 30.4 Å². The smallest absolute Gasteiger partial charge is 0.223 e. The number of rotatable bonds is 7. The fourth-order valence-corrected chi connectivity index (χ4v) is 2.67. The van der Waals surface area contributed by atoms with E-state index in [4.69, 9.17) is 0 Å². The van der Waals surface area contributed by atoms with Gasteiger partial charge >= 0.3 is 0 Å². The van der Waals surface area contributed by atoms with Gasteiger partial charge in [-0.05, 0) is 31.9 Å². The van der Waals surface area contributed by atoms with E-state index in [1.54, 1.807) is 0 Å². The average molecular weight is 272 g/mol. The number of amides is 1. The SMILES string of the molecule is C=CCNCC[C@H]1CCC(=O)N1Cc1ccc(C)cc1. The van der Waals surface area contributed by atoms with Crippen LogP contribution in [0.2, 0.25) is 0 Å². The molecule has 1 atom stereocenters. The van der Waals surface area contributed by atoms with Crippen molar-refractivity contribution in [3.8, 4) is 0 Å². The minimum atomic E-state index is 0.291. The molecule has 0 radical (unpaired) electrons. The highest BCUT2D eigenvalue weighted by Gasteiger charge is 2.30. The summed E-state index contributed by atoms with van der Waals surface area (Å²) in [6.07, 6.45) is 4.56. The summed E-state index contributed by atoms with van der Waals surface area (Å²) < 4.78 is 0. The molecular weight excluding hydrogens is 248 g/mol. The van der Waals surface area contributed by atoms with Crippen molar-refractivity contribution in [2.45, 2.75) is 38.8 Å². The molecule has 1 aliphatic heterocycles. The Kier molecular flexibility index (Phi) is 5.36. The van der Waals surface area contributed by atoms with Gasteiger partial charge in [0.1, 0.15) is 0 Å². The van der Waals surface area contributed by atoms with Crippen molar-refractivity contribution >= 4 is 5.91 Å². The normalized spacial score (nSPS) is 18.6. The number of carbonyl (C=O) groups is 1. The van der Waals surface area contributed by atoms with Crippen LogP contribution in [0.15, 0.2) is 36.9 Å². The molecule has 108 valence electrons. The number of nitrogens with zero attached hydrogens (tertiary/aromatic N) is 1. The van der Waals surface area contributed by atoms with Crippen LogP contribution >= 0.6 is 0 Å². The van der Waals surface area contributed by atoms with Crippen molar-refractivity contribution in [3.05, 3.63) is 48.0 Å². The van der Waals surface area contributed by atoms with Crippen LogP contribution in [-0.4, -0.2) is 29.9 Å². The summed E-state index contributed by atoms with van der Waals surface area (Å²) in [5.74, 6) is 0.291. The Morgan fingerprint density at radius 1 is 1.40 bits per heavy atom. The molecule has 1 heterocycles. The predicted molar refractivity (Wildman–Crippen MR) is 82.4 cm³/mol. The molecule has 1 aromatic carbocycles. The molecule has 3 nitrogen and oxygen atoms in total. The standard InChI is InChI=1S/C17H24N2O/c1-3-11-18-12-10-16-8-9-17(20)19(16)13-15-6-4-14(2)5-7-15/h3-7,16,18H,1,8-13H2,2H3/t16-/m1/s1. The monoisotopic (exact) mass is 272 g/mol. The lowest BCUT2D eigenvalue weighted by Crippen LogP contribution is -2.34. The Morgan fingerprint density at radius 3 is 2.85 bits per heavy atom. The van der Waals surface area contributed by atoms with Gasteiger partial charge in [0.15, 0.2) is 0 Å². The maximum Gasteiger partial charge on any atom is 0.223 e. The first-order valence-electron chi connectivity index (χ1n) is 7.37. The van der Waals surface area contributed by atoms with Gasteiger partial charge in [-0.3, -0.25) is 4.79 Å². The number of likely N-dealkylation sites (tertiary alicyclic amines) is 1. The van der Waals surface area contributed by atoms with Gasteiger partial charge in [-0.2, -0.15) is 0 Å². The number of hydrogen-bond donors (Lipinski definition) is 1. The summed E-state index contributed by atoms with van der Waals surface area (Å²) in [4.78, 5) is 14.1. The molecule has 0 saturated carbocycles. The third-order valence-corrected chi connectivity index (χ3v) is 3.87. The van der Waals surface area contributed by atoms with Crippen molar-refractivity contribution < 1.29 is 4.79 Å². The third-order valence-electron chi connectivity index (χ3n) is 3.87. The van der Waals surface area contributed by atoms with Crippen molar-refractivity contribution in [3.63, 3.8) is 0 Å². The van der Waals surface area contributed by atoms with Gasteiger partial charge in [0.2, 0.25) is 5.91 Å². The molecule has 1 aliphatic rings. The van der Waals surface area contributed by atoms with E-state index in [0.29, 0.717) is 18.4 Å². The third kappa shape index (κ3) is 3.94. The lowest BCUT2D eigenvalue weighted by atomic mass is 10.1. The largest absolute Gasteiger partial charge is 0.335 e. The van der Waals surface area contributed by atoms with E-state index >= 15 is 0 Å². The highest BCUT2D eigenvalue weighted by molar-refractivity contribution is 5.78. The maximum absolute atomic E-state index is 12.0. The zero-order valence-electron chi connectivity index (χ0n) is 12.3. The molecule has 2 rings (SSSR count). The molecule has 3 heteroatoms. The van der Waals surface area contributed by atoms with Crippen LogP contribution in [0.5, 0.6) is 0 Å². The molecule has 0 bridgehead atoms. The lowest BCUT2D eigenvalue weighted by molar-refractivity contribution is -0.129. The molecule has 1 saturated heterocycles. The minimum absolute atomic E-state index is 0.291. The van der Waals surface area contributed by atoms with Gasteiger partial charge in [0, 0.05) is 25.6 Å². The summed E-state index contributed by atoms with van der Waals surface area (Å²) in [5.41, 5.74) is 2.47. The Morgan fingerprint density at radius 2 is 2.15 bits per heavy atom. The van der Waals surface area contributed by atoms with Crippen molar-refractivity contribution in [2.24, 2.45) is 0 Å². The van der Waals surface area contributed by atoms with E-state index in [1.165, 1.54) is 11.1 Å². The summed E-state index contributed by atoms with van der Waals surface area (Å²) >= 11 is 0. The molecule has 1 amide bonds. The molecule has 1 aromatic rings. The second-order valence-corrected chi connectivity index (χ2v) is 5.48. The minimum Gasteiger partial charge on any atom is -0.335 e. The number of nitrogens with one attached hydrogen (secondary N) is 1. The molecule has 0 aliphatic carbocycles. The Labute approximate surface area is 121 Å². The fourth-order valence-electron chi connectivity index (χ4n) is 2.67. The zero-order valence-corrected chi connectivity index (χ0v) is 12.3. The van der Waals surface area contributed by atoms with Crippen molar-refractivity contribution in [1.29, 1.82) is 0 Å². The summed E-state index contributed by atoms with van der Waals surface area (Å²) in [5, 5.41) is 3.31. The summed E-state index contributed by atoms with van der Waals surface area (Å²) in [6.45, 7) is 8.29. The molecule has 0 spiro atoms. The van der Waals surface area contributed by atoms with Crippen LogP contribution in [-0.2, 0) is 11.3 Å². The quantitative estimate of drug-likeness (QED) is 0.611. The Balaban J connectivity index is 1.90. The number of carbonyl (C=O) groups excluding carboxylic acids is 1. The average Bonchev–Trinajstić information content (AvgIpc) is 2.79. The van der Waals surface area contributed by atoms with E-state index < -0.39 is 0 Å². The molecule has 20 heavy (non-hydrogen) atoms. The van der Waals surface area contributed by atoms with E-state index in [0.717, 1.165) is 32.5 Å². The van der Waals surface area contributed by atoms with E-state index in [9.17, 15) is 4.79 Å². The fraction of sp³-hybridized carbons (Fsp3) is 0.471. The van der Waals surface area contributed by atoms with Gasteiger partial charge < -0.3 is 10.2 Å². The highest BCUT2D eigenvalue weighted by Crippen LogP contribution is 2.23. The van der Waals surface area contributed by atoms with Crippen LogP contribution < -0.4 is 5.32 Å². The number of hydrogen-bond acceptors (Lipinski definition) is 2. The number of aryl methyl sites for hydroxylation is 1. The number of benzene rings is 1. The van der Waals surface area contributed by atoms with Gasteiger partial charge in [-0.25, -0.2) is 0 Å². The molecular formula is C17H24N2O.